The van der Waals surface area contributed by atoms with Crippen LogP contribution in [-0.2, 0) is 17.5 Å². The van der Waals surface area contributed by atoms with Gasteiger partial charge in [0.15, 0.2) is 22.6 Å². The van der Waals surface area contributed by atoms with Gasteiger partial charge in [-0.25, -0.2) is 4.39 Å². The summed E-state index contributed by atoms with van der Waals surface area (Å²) in [7, 11) is 0. The van der Waals surface area contributed by atoms with Crippen LogP contribution in [-0.4, -0.2) is 31.7 Å². The van der Waals surface area contributed by atoms with Crippen LogP contribution < -0.4 is 10.1 Å². The van der Waals surface area contributed by atoms with Crippen molar-refractivity contribution in [3.8, 4) is 17.6 Å². The van der Waals surface area contributed by atoms with Gasteiger partial charge >= 0.3 is 6.18 Å². The maximum atomic E-state index is 14.6. The van der Waals surface area contributed by atoms with Crippen molar-refractivity contribution in [3.63, 3.8) is 0 Å². The summed E-state index contributed by atoms with van der Waals surface area (Å²) in [4.78, 5) is 16.5. The van der Waals surface area contributed by atoms with E-state index < -0.39 is 35.0 Å². The first-order chi connectivity index (χ1) is 16.2. The molecular formula is C20H11F4N7O2S. The zero-order valence-electron chi connectivity index (χ0n) is 16.7. The number of carbonyl (C=O) groups is 1. The van der Waals surface area contributed by atoms with E-state index in [4.69, 9.17) is 10.00 Å². The normalized spacial score (nSPS) is 16.0. The summed E-state index contributed by atoms with van der Waals surface area (Å²) >= 11 is 1.02. The van der Waals surface area contributed by atoms with Crippen LogP contribution in [0.5, 0.6) is 11.5 Å². The molecule has 9 nitrogen and oxygen atoms in total. The molecule has 0 unspecified atom stereocenters. The second kappa shape index (κ2) is 9.32. The Hall–Kier alpha value is -4.25. The maximum Gasteiger partial charge on any atom is 0.420 e. The number of rotatable bonds is 5. The minimum atomic E-state index is -4.81. The topological polar surface area (TPSA) is 129 Å². The monoisotopic (exact) mass is 489 g/mol. The lowest BCUT2D eigenvalue weighted by atomic mass is 10.1. The molecule has 1 aliphatic heterocycles. The number of hydrogen-bond acceptors (Lipinski definition) is 8. The van der Waals surface area contributed by atoms with Crippen molar-refractivity contribution in [2.24, 2.45) is 4.99 Å². The van der Waals surface area contributed by atoms with Crippen molar-refractivity contribution in [2.45, 2.75) is 12.7 Å². The third-order valence-corrected chi connectivity index (χ3v) is 5.24. The van der Waals surface area contributed by atoms with Crippen LogP contribution in [0.3, 0.4) is 0 Å². The van der Waals surface area contributed by atoms with E-state index in [1.165, 1.54) is 12.1 Å². The van der Waals surface area contributed by atoms with Crippen molar-refractivity contribution >= 4 is 28.9 Å². The molecule has 3 aromatic rings. The zero-order valence-corrected chi connectivity index (χ0v) is 17.5. The summed E-state index contributed by atoms with van der Waals surface area (Å²) in [5.41, 5.74) is -1.14. The lowest BCUT2D eigenvalue weighted by molar-refractivity contribution is -0.138. The average Bonchev–Trinajstić information content (AvgIpc) is 3.43. The highest BCUT2D eigenvalue weighted by Crippen LogP contribution is 2.39. The fourth-order valence-corrected chi connectivity index (χ4v) is 3.58. The molecule has 1 amide bonds. The number of amides is 1. The molecule has 0 aliphatic carbocycles. The highest BCUT2D eigenvalue weighted by Gasteiger charge is 2.35. The number of aromatic nitrogens is 4. The summed E-state index contributed by atoms with van der Waals surface area (Å²) in [5.74, 6) is -2.17. The Bertz CT molecular complexity index is 1350. The van der Waals surface area contributed by atoms with Crippen LogP contribution in [0.2, 0.25) is 0 Å². The van der Waals surface area contributed by atoms with E-state index in [0.29, 0.717) is 17.1 Å². The minimum Gasteiger partial charge on any atom is -0.454 e. The Labute approximate surface area is 192 Å². The van der Waals surface area contributed by atoms with Crippen LogP contribution >= 0.6 is 11.8 Å². The van der Waals surface area contributed by atoms with Crippen molar-refractivity contribution in [3.05, 3.63) is 69.6 Å². The number of alkyl halides is 3. The lowest BCUT2D eigenvalue weighted by Gasteiger charge is -2.14. The quantitative estimate of drug-likeness (QED) is 0.412. The van der Waals surface area contributed by atoms with E-state index in [2.05, 4.69) is 30.9 Å². The van der Waals surface area contributed by atoms with E-state index in [1.54, 1.807) is 6.07 Å². The number of halogens is 4. The number of amidine groups is 1. The van der Waals surface area contributed by atoms with Gasteiger partial charge < -0.3 is 10.1 Å². The highest BCUT2D eigenvalue weighted by atomic mass is 32.2. The van der Waals surface area contributed by atoms with E-state index in [0.717, 1.165) is 36.0 Å². The number of ether oxygens (including phenoxy) is 1. The van der Waals surface area contributed by atoms with Crippen LogP contribution in [0, 0.1) is 17.1 Å². The molecule has 1 saturated heterocycles. The molecule has 0 radical (unpaired) electrons. The summed E-state index contributed by atoms with van der Waals surface area (Å²) in [6.07, 6.45) is -3.41. The summed E-state index contributed by atoms with van der Waals surface area (Å²) in [6.45, 7) is 0.0856. The molecule has 34 heavy (non-hydrogen) atoms. The number of nitrogens with zero attached hydrogens (tertiary/aromatic N) is 5. The Morgan fingerprint density at radius 2 is 2.00 bits per heavy atom. The number of hydrogen-bond donors (Lipinski definition) is 2. The molecule has 2 heterocycles. The predicted octanol–water partition coefficient (Wildman–Crippen LogP) is 3.78. The molecule has 4 rings (SSSR count). The van der Waals surface area contributed by atoms with Crippen LogP contribution in [0.25, 0.3) is 6.08 Å². The Balaban J connectivity index is 1.52. The van der Waals surface area contributed by atoms with Crippen molar-refractivity contribution < 1.29 is 27.1 Å². The van der Waals surface area contributed by atoms with Crippen molar-refractivity contribution in [2.75, 3.05) is 0 Å². The van der Waals surface area contributed by atoms with E-state index in [1.807, 2.05) is 0 Å². The lowest BCUT2D eigenvalue weighted by Crippen LogP contribution is -2.19. The predicted molar refractivity (Wildman–Crippen MR) is 112 cm³/mol. The van der Waals surface area contributed by atoms with E-state index in [-0.39, 0.29) is 22.6 Å². The molecule has 0 atom stereocenters. The fourth-order valence-electron chi connectivity index (χ4n) is 2.76. The van der Waals surface area contributed by atoms with E-state index >= 15 is 0 Å². The first kappa shape index (κ1) is 22.9. The molecule has 0 bridgehead atoms. The number of aliphatic imine (C=N–C) groups is 1. The number of nitrogens with one attached hydrogen (secondary N) is 2. The molecule has 14 heteroatoms. The number of nitriles is 1. The van der Waals surface area contributed by atoms with Crippen molar-refractivity contribution in [1.29, 1.82) is 5.26 Å². The average molecular weight is 489 g/mol. The van der Waals surface area contributed by atoms with Crippen molar-refractivity contribution in [1.82, 2.24) is 25.9 Å². The molecular weight excluding hydrogens is 478 g/mol. The Kier molecular flexibility index (Phi) is 6.28. The van der Waals surface area contributed by atoms with Gasteiger partial charge in [0.1, 0.15) is 12.3 Å². The van der Waals surface area contributed by atoms with Gasteiger partial charge in [0, 0.05) is 0 Å². The van der Waals surface area contributed by atoms with Gasteiger partial charge in [-0.2, -0.15) is 23.6 Å². The van der Waals surface area contributed by atoms with Gasteiger partial charge in [-0.3, -0.25) is 9.79 Å². The van der Waals surface area contributed by atoms with Gasteiger partial charge in [0.2, 0.25) is 0 Å². The number of aromatic amines is 1. The first-order valence-corrected chi connectivity index (χ1v) is 10.1. The number of thioether (sulfide) groups is 1. The zero-order chi connectivity index (χ0) is 24.3. The van der Waals surface area contributed by atoms with Gasteiger partial charge in [0.25, 0.3) is 5.91 Å². The van der Waals surface area contributed by atoms with Gasteiger partial charge in [0.05, 0.1) is 22.1 Å². The fraction of sp³-hybridized carbons (Fsp3) is 0.100. The molecule has 2 aromatic carbocycles. The summed E-state index contributed by atoms with van der Waals surface area (Å²) < 4.78 is 59.7. The molecule has 2 N–H and O–H groups in total. The second-order valence-corrected chi connectivity index (χ2v) is 7.66. The Morgan fingerprint density at radius 3 is 2.68 bits per heavy atom. The molecule has 172 valence electrons. The van der Waals surface area contributed by atoms with Gasteiger partial charge in [-0.05, 0) is 53.7 Å². The molecule has 0 saturated carbocycles. The Morgan fingerprint density at radius 1 is 1.21 bits per heavy atom. The molecule has 0 spiro atoms. The third kappa shape index (κ3) is 5.21. The number of H-pyrrole nitrogens is 1. The second-order valence-electron chi connectivity index (χ2n) is 6.63. The van der Waals surface area contributed by atoms with Crippen LogP contribution in [0.4, 0.5) is 17.6 Å². The molecule has 1 aromatic heterocycles. The van der Waals surface area contributed by atoms with Gasteiger partial charge in [-0.1, -0.05) is 11.3 Å². The van der Waals surface area contributed by atoms with E-state index in [9.17, 15) is 22.4 Å². The molecule has 1 fully saturated rings. The largest absolute Gasteiger partial charge is 0.454 e. The first-order valence-electron chi connectivity index (χ1n) is 9.29. The minimum absolute atomic E-state index is 0.0856. The highest BCUT2D eigenvalue weighted by molar-refractivity contribution is 8.18. The number of benzene rings is 2. The third-order valence-electron chi connectivity index (χ3n) is 4.29. The van der Waals surface area contributed by atoms with Gasteiger partial charge in [-0.15, -0.1) is 10.2 Å². The van der Waals surface area contributed by atoms with Crippen LogP contribution in [0.15, 0.2) is 46.3 Å². The summed E-state index contributed by atoms with van der Waals surface area (Å²) in [6, 6.07) is 7.86. The standard InChI is InChI=1S/C20H11F4N7O2S/c21-13-6-10(7-16-18(32)27-19(34-16)26-9-17-28-30-31-29-17)1-4-15(13)33-14-3-2-11(8-25)5-12(14)20(22,23)24/h1-7H,9H2,(H,26,27,32)(H,28,29,30,31). The number of carbonyl (C=O) groups excluding carboxylic acids is 1. The summed E-state index contributed by atoms with van der Waals surface area (Å²) in [5, 5.41) is 24.8. The molecule has 1 aliphatic rings. The smallest absolute Gasteiger partial charge is 0.420 e. The van der Waals surface area contributed by atoms with Crippen LogP contribution in [0.1, 0.15) is 22.5 Å². The maximum absolute atomic E-state index is 14.6. The number of tetrazole rings is 1. The SMILES string of the molecule is N#Cc1ccc(Oc2ccc(C=C3SC(=NCc4nn[nH]n4)NC3=O)cc2F)c(C(F)(F)F)c1.